The summed E-state index contributed by atoms with van der Waals surface area (Å²) in [6.07, 6.45) is 3.34. The standard InChI is InChI=1S/C7H8ClNO2/c1-4-2-3-5(9)6(8)7(4,10)11-6/h2-3,10H,9H2,1H3. The molecule has 1 saturated heterocycles. The summed E-state index contributed by atoms with van der Waals surface area (Å²) in [5, 5.41) is 8.41. The Balaban J connectivity index is 2.49. The molecule has 11 heavy (non-hydrogen) atoms. The molecule has 1 aliphatic carbocycles. The van der Waals surface area contributed by atoms with Crippen molar-refractivity contribution in [3.63, 3.8) is 0 Å². The lowest BCUT2D eigenvalue weighted by atomic mass is 10.0. The van der Waals surface area contributed by atoms with Crippen molar-refractivity contribution in [3.8, 4) is 0 Å². The highest BCUT2D eigenvalue weighted by atomic mass is 35.5. The molecule has 60 valence electrons. The van der Waals surface area contributed by atoms with Crippen LogP contribution >= 0.6 is 11.6 Å². The largest absolute Gasteiger partial charge is 0.398 e. The second-order valence-electron chi connectivity index (χ2n) is 2.81. The van der Waals surface area contributed by atoms with Crippen LogP contribution < -0.4 is 5.73 Å². The SMILES string of the molecule is CC1=CC=C(N)C2(Cl)OC12O. The zero-order chi connectivity index (χ0) is 8.28. The molecule has 1 aliphatic heterocycles. The van der Waals surface area contributed by atoms with Crippen molar-refractivity contribution < 1.29 is 9.84 Å². The van der Waals surface area contributed by atoms with Crippen LogP contribution in [0.15, 0.2) is 23.4 Å². The van der Waals surface area contributed by atoms with Crippen LogP contribution in [0.25, 0.3) is 0 Å². The zero-order valence-electron chi connectivity index (χ0n) is 5.97. The second-order valence-corrected chi connectivity index (χ2v) is 3.35. The van der Waals surface area contributed by atoms with Gasteiger partial charge in [-0.25, -0.2) is 0 Å². The Morgan fingerprint density at radius 1 is 1.64 bits per heavy atom. The molecule has 1 heterocycles. The van der Waals surface area contributed by atoms with Gasteiger partial charge in [0.15, 0.2) is 0 Å². The van der Waals surface area contributed by atoms with Crippen molar-refractivity contribution in [1.82, 2.24) is 0 Å². The van der Waals surface area contributed by atoms with Crippen molar-refractivity contribution in [3.05, 3.63) is 23.4 Å². The van der Waals surface area contributed by atoms with E-state index in [9.17, 15) is 5.11 Å². The van der Waals surface area contributed by atoms with Crippen molar-refractivity contribution in [2.24, 2.45) is 5.73 Å². The number of halogens is 1. The van der Waals surface area contributed by atoms with E-state index in [1.54, 1.807) is 19.1 Å². The highest BCUT2D eigenvalue weighted by Gasteiger charge is 2.73. The van der Waals surface area contributed by atoms with Gasteiger partial charge < -0.3 is 15.6 Å². The van der Waals surface area contributed by atoms with Crippen molar-refractivity contribution in [2.75, 3.05) is 0 Å². The highest BCUT2D eigenvalue weighted by Crippen LogP contribution is 2.58. The Morgan fingerprint density at radius 3 is 2.82 bits per heavy atom. The van der Waals surface area contributed by atoms with Crippen LogP contribution in [0.1, 0.15) is 6.92 Å². The van der Waals surface area contributed by atoms with E-state index < -0.39 is 10.8 Å². The summed E-state index contributed by atoms with van der Waals surface area (Å²) >= 11 is 5.83. The first-order chi connectivity index (χ1) is 5.01. The Bertz CT molecular complexity index is 258. The molecule has 2 atom stereocenters. The summed E-state index contributed by atoms with van der Waals surface area (Å²) in [5.41, 5.74) is 6.54. The lowest BCUT2D eigenvalue weighted by Crippen LogP contribution is -2.29. The van der Waals surface area contributed by atoms with Gasteiger partial charge in [-0.15, -0.1) is 0 Å². The molecule has 0 spiro atoms. The van der Waals surface area contributed by atoms with Crippen LogP contribution in [0.3, 0.4) is 0 Å². The lowest BCUT2D eigenvalue weighted by molar-refractivity contribution is 0.0711. The van der Waals surface area contributed by atoms with Gasteiger partial charge in [0.25, 0.3) is 0 Å². The second kappa shape index (κ2) is 1.63. The number of allylic oxidation sites excluding steroid dienone is 2. The number of fused-ring (bicyclic) bond motifs is 1. The van der Waals surface area contributed by atoms with Gasteiger partial charge in [-0.3, -0.25) is 0 Å². The van der Waals surface area contributed by atoms with E-state index in [-0.39, 0.29) is 0 Å². The molecular weight excluding hydrogens is 166 g/mol. The van der Waals surface area contributed by atoms with Crippen LogP contribution in [0.5, 0.6) is 0 Å². The predicted octanol–water partition coefficient (Wildman–Crippen LogP) is 0.443. The molecule has 1 fully saturated rings. The molecule has 0 aromatic carbocycles. The van der Waals surface area contributed by atoms with Gasteiger partial charge in [-0.05, 0) is 18.6 Å². The van der Waals surface area contributed by atoms with E-state index in [2.05, 4.69) is 0 Å². The molecule has 2 unspecified atom stereocenters. The van der Waals surface area contributed by atoms with E-state index in [1.807, 2.05) is 0 Å². The molecular formula is C7H8ClNO2. The van der Waals surface area contributed by atoms with Gasteiger partial charge >= 0.3 is 0 Å². The van der Waals surface area contributed by atoms with E-state index in [1.165, 1.54) is 0 Å². The molecule has 2 aliphatic rings. The lowest BCUT2D eigenvalue weighted by Gasteiger charge is -2.13. The maximum absolute atomic E-state index is 9.60. The molecule has 0 bridgehead atoms. The van der Waals surface area contributed by atoms with Gasteiger partial charge in [0, 0.05) is 0 Å². The quantitative estimate of drug-likeness (QED) is 0.413. The maximum Gasteiger partial charge on any atom is 0.242 e. The fourth-order valence-corrected chi connectivity index (χ4v) is 1.53. The number of hydrogen-bond acceptors (Lipinski definition) is 3. The third-order valence-corrected chi connectivity index (χ3v) is 2.65. The van der Waals surface area contributed by atoms with Crippen molar-refractivity contribution in [2.45, 2.75) is 17.8 Å². The Kier molecular flexibility index (Phi) is 1.06. The number of aliphatic hydroxyl groups is 1. The third-order valence-electron chi connectivity index (χ3n) is 2.10. The molecule has 4 heteroatoms. The third kappa shape index (κ3) is 0.612. The average molecular weight is 174 g/mol. The number of ether oxygens (including phenoxy) is 1. The molecule has 0 radical (unpaired) electrons. The van der Waals surface area contributed by atoms with Gasteiger partial charge in [0.05, 0.1) is 5.70 Å². The smallest absolute Gasteiger partial charge is 0.242 e. The van der Waals surface area contributed by atoms with Crippen LogP contribution in [0.2, 0.25) is 0 Å². The summed E-state index contributed by atoms with van der Waals surface area (Å²) in [4.78, 5) is 0. The minimum Gasteiger partial charge on any atom is -0.398 e. The maximum atomic E-state index is 9.60. The average Bonchev–Trinajstić information content (AvgIpc) is 2.51. The van der Waals surface area contributed by atoms with Crippen molar-refractivity contribution >= 4 is 11.6 Å². The van der Waals surface area contributed by atoms with Gasteiger partial charge in [-0.2, -0.15) is 0 Å². The van der Waals surface area contributed by atoms with Gasteiger partial charge in [-0.1, -0.05) is 17.7 Å². The molecule has 0 saturated carbocycles. The first kappa shape index (κ1) is 7.16. The molecule has 0 aromatic rings. The van der Waals surface area contributed by atoms with Crippen LogP contribution in [0.4, 0.5) is 0 Å². The monoisotopic (exact) mass is 173 g/mol. The summed E-state index contributed by atoms with van der Waals surface area (Å²) in [6.45, 7) is 1.74. The number of epoxide rings is 1. The predicted molar refractivity (Wildman–Crippen MR) is 40.6 cm³/mol. The number of alkyl halides is 1. The van der Waals surface area contributed by atoms with E-state index in [0.29, 0.717) is 11.3 Å². The fourth-order valence-electron chi connectivity index (χ4n) is 1.20. The van der Waals surface area contributed by atoms with Crippen LogP contribution in [-0.2, 0) is 4.74 Å². The Morgan fingerprint density at radius 2 is 2.27 bits per heavy atom. The first-order valence-electron chi connectivity index (χ1n) is 3.27. The molecule has 3 N–H and O–H groups in total. The molecule has 2 rings (SSSR count). The number of hydrogen-bond donors (Lipinski definition) is 2. The molecule has 0 aromatic heterocycles. The number of nitrogens with two attached hydrogens (primary N) is 1. The first-order valence-corrected chi connectivity index (χ1v) is 3.65. The Hall–Kier alpha value is -0.510. The topological polar surface area (TPSA) is 58.8 Å². The summed E-state index contributed by atoms with van der Waals surface area (Å²) in [7, 11) is 0. The summed E-state index contributed by atoms with van der Waals surface area (Å²) < 4.78 is 4.94. The highest BCUT2D eigenvalue weighted by molar-refractivity contribution is 6.27. The van der Waals surface area contributed by atoms with Crippen molar-refractivity contribution in [1.29, 1.82) is 0 Å². The summed E-state index contributed by atoms with van der Waals surface area (Å²) in [6, 6.07) is 0. The Labute approximate surface area is 69.1 Å². The van der Waals surface area contributed by atoms with E-state index in [4.69, 9.17) is 22.1 Å². The van der Waals surface area contributed by atoms with E-state index >= 15 is 0 Å². The summed E-state index contributed by atoms with van der Waals surface area (Å²) in [5.74, 6) is -1.35. The van der Waals surface area contributed by atoms with Gasteiger partial charge in [0.1, 0.15) is 0 Å². The normalized spacial score (nSPS) is 47.5. The minimum absolute atomic E-state index is 0.354. The number of rotatable bonds is 0. The fraction of sp³-hybridized carbons (Fsp3) is 0.429. The van der Waals surface area contributed by atoms with E-state index in [0.717, 1.165) is 0 Å². The van der Waals surface area contributed by atoms with Crippen LogP contribution in [-0.4, -0.2) is 16.0 Å². The van der Waals surface area contributed by atoms with Crippen LogP contribution in [0, 0.1) is 0 Å². The molecule has 0 amide bonds. The molecule has 3 nitrogen and oxygen atoms in total. The van der Waals surface area contributed by atoms with Gasteiger partial charge in [0.2, 0.25) is 10.8 Å². The zero-order valence-corrected chi connectivity index (χ0v) is 6.72. The minimum atomic E-state index is -1.35.